The van der Waals surface area contributed by atoms with Gasteiger partial charge in [-0.2, -0.15) is 0 Å². The Hall–Kier alpha value is -2.49. The van der Waals surface area contributed by atoms with Gasteiger partial charge in [0.25, 0.3) is 5.91 Å². The van der Waals surface area contributed by atoms with Crippen molar-refractivity contribution in [2.75, 3.05) is 5.32 Å². The normalized spacial score (nSPS) is 18.3. The standard InChI is InChI=1S/C21H15Cl2N2O/c22-15-6-4-5-14(11-15)13-21(25-17-7-2-1-3-8-17)18-10-9-16(23)12-19(18)24-20(21)26/h1-12H,13H2,(H,24,26). The maximum Gasteiger partial charge on any atom is 0.257 e. The molecule has 5 heteroatoms. The number of para-hydroxylation sites is 1. The molecule has 1 atom stereocenters. The van der Waals surface area contributed by atoms with Gasteiger partial charge in [-0.3, -0.25) is 10.1 Å². The Labute approximate surface area is 162 Å². The fourth-order valence-corrected chi connectivity index (χ4v) is 3.70. The number of anilines is 1. The molecular weight excluding hydrogens is 367 g/mol. The lowest BCUT2D eigenvalue weighted by atomic mass is 9.84. The summed E-state index contributed by atoms with van der Waals surface area (Å²) in [6.45, 7) is 0. The second-order valence-corrected chi connectivity index (χ2v) is 7.13. The number of hydrogen-bond acceptors (Lipinski definition) is 1. The number of fused-ring (bicyclic) bond motifs is 1. The van der Waals surface area contributed by atoms with Gasteiger partial charge >= 0.3 is 0 Å². The summed E-state index contributed by atoms with van der Waals surface area (Å²) in [6, 6.07) is 22.4. The van der Waals surface area contributed by atoms with Crippen molar-refractivity contribution >= 4 is 40.5 Å². The Bertz CT molecular complexity index is 975. The molecule has 3 aromatic carbocycles. The van der Waals surface area contributed by atoms with Gasteiger partial charge in [0.05, 0.1) is 5.69 Å². The first kappa shape index (κ1) is 17.0. The van der Waals surface area contributed by atoms with Crippen molar-refractivity contribution in [3.05, 3.63) is 94.0 Å². The van der Waals surface area contributed by atoms with E-state index >= 15 is 0 Å². The van der Waals surface area contributed by atoms with Crippen LogP contribution in [0.25, 0.3) is 0 Å². The third kappa shape index (κ3) is 3.05. The molecule has 1 N–H and O–H groups in total. The van der Waals surface area contributed by atoms with Crippen molar-refractivity contribution in [1.29, 1.82) is 0 Å². The Balaban J connectivity index is 1.84. The van der Waals surface area contributed by atoms with Crippen molar-refractivity contribution in [2.45, 2.75) is 12.0 Å². The molecule has 3 nitrogen and oxygen atoms in total. The van der Waals surface area contributed by atoms with E-state index in [-0.39, 0.29) is 5.91 Å². The number of hydrogen-bond donors (Lipinski definition) is 1. The third-order valence-electron chi connectivity index (χ3n) is 4.48. The van der Waals surface area contributed by atoms with Gasteiger partial charge in [-0.15, -0.1) is 0 Å². The molecule has 1 unspecified atom stereocenters. The summed E-state index contributed by atoms with van der Waals surface area (Å²) in [7, 11) is 0. The Kier molecular flexibility index (Phi) is 4.35. The summed E-state index contributed by atoms with van der Waals surface area (Å²) in [5.74, 6) is -0.168. The predicted octanol–water partition coefficient (Wildman–Crippen LogP) is 5.32. The molecule has 26 heavy (non-hydrogen) atoms. The summed E-state index contributed by atoms with van der Waals surface area (Å²) in [6.07, 6.45) is 0.406. The van der Waals surface area contributed by atoms with Crippen LogP contribution in [0.5, 0.6) is 0 Å². The summed E-state index contributed by atoms with van der Waals surface area (Å²) in [5, 5.41) is 9.01. The third-order valence-corrected chi connectivity index (χ3v) is 4.95. The zero-order chi connectivity index (χ0) is 18.1. The first-order chi connectivity index (χ1) is 12.6. The Morgan fingerprint density at radius 1 is 0.885 bits per heavy atom. The maximum atomic E-state index is 13.1. The summed E-state index contributed by atoms with van der Waals surface area (Å²) < 4.78 is 0. The van der Waals surface area contributed by atoms with Crippen molar-refractivity contribution in [1.82, 2.24) is 5.32 Å². The average Bonchev–Trinajstić information content (AvgIpc) is 2.86. The summed E-state index contributed by atoms with van der Waals surface area (Å²) in [5.41, 5.74) is 2.13. The topological polar surface area (TPSA) is 43.2 Å². The van der Waals surface area contributed by atoms with E-state index in [4.69, 9.17) is 28.5 Å². The molecule has 1 radical (unpaired) electrons. The van der Waals surface area contributed by atoms with Crippen LogP contribution in [0.4, 0.5) is 11.4 Å². The first-order valence-corrected chi connectivity index (χ1v) is 8.96. The lowest BCUT2D eigenvalue weighted by Gasteiger charge is -2.28. The van der Waals surface area contributed by atoms with E-state index in [9.17, 15) is 4.79 Å². The summed E-state index contributed by atoms with van der Waals surface area (Å²) in [4.78, 5) is 13.1. The predicted molar refractivity (Wildman–Crippen MR) is 105 cm³/mol. The number of nitrogens with zero attached hydrogens (tertiary/aromatic N) is 1. The van der Waals surface area contributed by atoms with Crippen LogP contribution in [0, 0.1) is 0 Å². The van der Waals surface area contributed by atoms with Crippen molar-refractivity contribution in [3.8, 4) is 0 Å². The minimum absolute atomic E-state index is 0.168. The highest BCUT2D eigenvalue weighted by molar-refractivity contribution is 6.31. The molecule has 0 spiro atoms. The molecule has 1 amide bonds. The van der Waals surface area contributed by atoms with Crippen LogP contribution in [-0.2, 0) is 16.8 Å². The van der Waals surface area contributed by atoms with Crippen LogP contribution >= 0.6 is 23.2 Å². The molecule has 129 valence electrons. The average molecular weight is 382 g/mol. The van der Waals surface area contributed by atoms with Gasteiger partial charge in [-0.05, 0) is 42.0 Å². The Morgan fingerprint density at radius 3 is 2.42 bits per heavy atom. The van der Waals surface area contributed by atoms with Crippen LogP contribution in [-0.4, -0.2) is 5.91 Å². The molecule has 0 aromatic heterocycles. The zero-order valence-electron chi connectivity index (χ0n) is 13.7. The first-order valence-electron chi connectivity index (χ1n) is 8.21. The smallest absolute Gasteiger partial charge is 0.257 e. The van der Waals surface area contributed by atoms with Gasteiger partial charge in [0.2, 0.25) is 0 Å². The zero-order valence-corrected chi connectivity index (χ0v) is 15.3. The second kappa shape index (κ2) is 6.67. The minimum Gasteiger partial charge on any atom is -0.323 e. The van der Waals surface area contributed by atoms with Gasteiger partial charge in [0, 0.05) is 27.7 Å². The van der Waals surface area contributed by atoms with Gasteiger partial charge in [0.1, 0.15) is 0 Å². The number of benzene rings is 3. The number of carbonyl (C=O) groups excluding carboxylic acids is 1. The number of rotatable bonds is 4. The molecule has 4 rings (SSSR count). The molecule has 0 saturated heterocycles. The molecule has 0 saturated carbocycles. The number of nitrogens with one attached hydrogen (secondary N) is 1. The Morgan fingerprint density at radius 2 is 1.65 bits per heavy atom. The van der Waals surface area contributed by atoms with Gasteiger partial charge in [0.15, 0.2) is 5.54 Å². The lowest BCUT2D eigenvalue weighted by Crippen LogP contribution is -2.43. The fraction of sp³-hybridized carbons (Fsp3) is 0.0952. The minimum atomic E-state index is -1.06. The van der Waals surface area contributed by atoms with E-state index in [1.54, 1.807) is 12.1 Å². The van der Waals surface area contributed by atoms with E-state index < -0.39 is 5.54 Å². The van der Waals surface area contributed by atoms with Crippen molar-refractivity contribution in [2.24, 2.45) is 0 Å². The molecule has 1 aliphatic heterocycles. The quantitative estimate of drug-likeness (QED) is 0.652. The highest BCUT2D eigenvalue weighted by Gasteiger charge is 2.48. The van der Waals surface area contributed by atoms with Crippen LogP contribution in [0.1, 0.15) is 11.1 Å². The van der Waals surface area contributed by atoms with E-state index in [1.807, 2.05) is 60.7 Å². The van der Waals surface area contributed by atoms with Crippen molar-refractivity contribution < 1.29 is 4.79 Å². The lowest BCUT2D eigenvalue weighted by molar-refractivity contribution is -0.121. The highest BCUT2D eigenvalue weighted by atomic mass is 35.5. The van der Waals surface area contributed by atoms with Crippen LogP contribution in [0.2, 0.25) is 10.0 Å². The number of carbonyl (C=O) groups is 1. The highest BCUT2D eigenvalue weighted by Crippen LogP contribution is 2.42. The maximum absolute atomic E-state index is 13.1. The molecular formula is C21H15Cl2N2O. The van der Waals surface area contributed by atoms with Crippen LogP contribution in [0.3, 0.4) is 0 Å². The van der Waals surface area contributed by atoms with E-state index in [0.717, 1.165) is 16.8 Å². The largest absolute Gasteiger partial charge is 0.323 e. The van der Waals surface area contributed by atoms with E-state index in [0.29, 0.717) is 22.2 Å². The van der Waals surface area contributed by atoms with Crippen LogP contribution in [0.15, 0.2) is 72.8 Å². The SMILES string of the molecule is O=C1Nc2cc(Cl)ccc2C1(Cc1cccc(Cl)c1)[N]c1ccccc1. The van der Waals surface area contributed by atoms with Crippen molar-refractivity contribution in [3.63, 3.8) is 0 Å². The van der Waals surface area contributed by atoms with Crippen LogP contribution < -0.4 is 10.6 Å². The molecule has 1 heterocycles. The second-order valence-electron chi connectivity index (χ2n) is 6.26. The summed E-state index contributed by atoms with van der Waals surface area (Å²) >= 11 is 12.3. The molecule has 3 aromatic rings. The molecule has 0 aliphatic carbocycles. The number of amides is 1. The van der Waals surface area contributed by atoms with Gasteiger partial charge in [-0.1, -0.05) is 59.6 Å². The molecule has 1 aliphatic rings. The molecule has 0 fully saturated rings. The monoisotopic (exact) mass is 381 g/mol. The van der Waals surface area contributed by atoms with E-state index in [2.05, 4.69) is 5.32 Å². The molecule has 0 bridgehead atoms. The number of halogens is 2. The van der Waals surface area contributed by atoms with E-state index in [1.165, 1.54) is 0 Å². The van der Waals surface area contributed by atoms with Gasteiger partial charge in [-0.25, -0.2) is 0 Å². The van der Waals surface area contributed by atoms with Gasteiger partial charge < -0.3 is 5.32 Å². The fourth-order valence-electron chi connectivity index (χ4n) is 3.32.